The first-order valence-electron chi connectivity index (χ1n) is 18.9. The number of allylic oxidation sites excluding steroid dienone is 10. The number of nitrogens with zero attached hydrogens (tertiary/aromatic N) is 1. The summed E-state index contributed by atoms with van der Waals surface area (Å²) in [6.07, 6.45) is 18.4. The number of rotatable bonds is 15. The fourth-order valence-corrected chi connectivity index (χ4v) is 5.38. The molecule has 4 N–H and O–H groups in total. The van der Waals surface area contributed by atoms with Gasteiger partial charge in [0.25, 0.3) is 0 Å². The minimum atomic E-state index is -1.60. The molecule has 312 valence electrons. The number of alkyl halides is 1. The highest BCUT2D eigenvalue weighted by Gasteiger charge is 2.45. The maximum Gasteiger partial charge on any atom is 0.222 e. The summed E-state index contributed by atoms with van der Waals surface area (Å²) in [5, 5.41) is 37.6. The molecule has 2 heterocycles. The Morgan fingerprint density at radius 3 is 2.12 bits per heavy atom. The van der Waals surface area contributed by atoms with Gasteiger partial charge < -0.3 is 29.7 Å². The van der Waals surface area contributed by atoms with E-state index in [2.05, 4.69) is 54.7 Å². The van der Waals surface area contributed by atoms with Crippen LogP contribution in [0, 0.1) is 36.4 Å². The average molecular weight is 784 g/mol. The first-order chi connectivity index (χ1) is 26.6. The Morgan fingerprint density at radius 1 is 1.05 bits per heavy atom. The Morgan fingerprint density at radius 2 is 1.62 bits per heavy atom. The van der Waals surface area contributed by atoms with Crippen molar-refractivity contribution in [1.29, 1.82) is 0 Å². The molecule has 0 bridgehead atoms. The molecular weight excluding hydrogens is 717 g/mol. The zero-order chi connectivity index (χ0) is 43.2. The van der Waals surface area contributed by atoms with Crippen LogP contribution in [0.5, 0.6) is 0 Å². The summed E-state index contributed by atoms with van der Waals surface area (Å²) in [4.78, 5) is 6.27. The van der Waals surface area contributed by atoms with Gasteiger partial charge in [0.05, 0.1) is 6.10 Å². The molecule has 56 heavy (non-hydrogen) atoms. The van der Waals surface area contributed by atoms with Crippen molar-refractivity contribution < 1.29 is 43.7 Å². The van der Waals surface area contributed by atoms with E-state index in [9.17, 15) is 24.1 Å². The summed E-state index contributed by atoms with van der Waals surface area (Å²) in [5.74, 6) is 5.16. The fourth-order valence-electron chi connectivity index (χ4n) is 5.38. The van der Waals surface area contributed by atoms with Gasteiger partial charge in [-0.15, -0.1) is 25.3 Å². The number of anilines is 1. The summed E-state index contributed by atoms with van der Waals surface area (Å²) >= 11 is 0. The second-order valence-corrected chi connectivity index (χ2v) is 12.9. The number of hydrogen-bond donors (Lipinski definition) is 4. The van der Waals surface area contributed by atoms with Crippen LogP contribution in [0.2, 0.25) is 0 Å². The SMILES string of the molecule is C#CC.C#CC(=C)/C(C)=C/C=C\C(C)OC1OC(OO)C(O)C(O)C1O.C=C(C)C.C=C/C=C(\C=C/CF)CCCC1CN(c2ccc(F)cc2)C1CC.CC. The van der Waals surface area contributed by atoms with Gasteiger partial charge in [-0.1, -0.05) is 88.0 Å². The van der Waals surface area contributed by atoms with Gasteiger partial charge in [0.1, 0.15) is 30.8 Å². The minimum Gasteiger partial charge on any atom is -0.387 e. The van der Waals surface area contributed by atoms with Crippen LogP contribution in [0.15, 0.2) is 109 Å². The van der Waals surface area contributed by atoms with E-state index in [4.69, 9.17) is 21.2 Å². The Kier molecular flexibility index (Phi) is 30.9. The largest absolute Gasteiger partial charge is 0.387 e. The number of hydrogen-bond acceptors (Lipinski definition) is 8. The molecule has 1 aromatic carbocycles. The fraction of sp³-hybridized carbons (Fsp3) is 0.478. The second kappa shape index (κ2) is 32.0. The maximum atomic E-state index is 13.1. The molecule has 10 heteroatoms. The third kappa shape index (κ3) is 21.3. The predicted molar refractivity (Wildman–Crippen MR) is 227 cm³/mol. The number of aliphatic hydroxyl groups is 3. The molecule has 2 saturated heterocycles. The summed E-state index contributed by atoms with van der Waals surface area (Å²) in [5.41, 5.74) is 4.79. The van der Waals surface area contributed by atoms with Crippen molar-refractivity contribution >= 4 is 5.69 Å². The molecule has 0 aliphatic carbocycles. The van der Waals surface area contributed by atoms with Crippen LogP contribution in [-0.4, -0.2) is 76.8 Å². The van der Waals surface area contributed by atoms with Crippen LogP contribution in [0.1, 0.15) is 81.1 Å². The van der Waals surface area contributed by atoms with Crippen molar-refractivity contribution in [2.24, 2.45) is 5.92 Å². The smallest absolute Gasteiger partial charge is 0.222 e. The van der Waals surface area contributed by atoms with E-state index < -0.39 is 43.7 Å². The molecule has 8 nitrogen and oxygen atoms in total. The molecule has 0 aromatic heterocycles. The van der Waals surface area contributed by atoms with Crippen LogP contribution in [0.25, 0.3) is 0 Å². The topological polar surface area (TPSA) is 112 Å². The first-order valence-corrected chi connectivity index (χ1v) is 18.9. The van der Waals surface area contributed by atoms with Gasteiger partial charge in [-0.2, -0.15) is 0 Å². The lowest BCUT2D eigenvalue weighted by Gasteiger charge is -2.50. The predicted octanol–water partition coefficient (Wildman–Crippen LogP) is 9.44. The summed E-state index contributed by atoms with van der Waals surface area (Å²) < 4.78 is 35.8. The Hall–Kier alpha value is -4.10. The molecule has 8 unspecified atom stereocenters. The molecule has 1 aromatic rings. The number of aliphatic hydroxyl groups excluding tert-OH is 3. The third-order valence-corrected chi connectivity index (χ3v) is 8.10. The lowest BCUT2D eigenvalue weighted by Crippen LogP contribution is -2.59. The molecule has 2 fully saturated rings. The van der Waals surface area contributed by atoms with Gasteiger partial charge in [-0.3, -0.25) is 0 Å². The zero-order valence-electron chi connectivity index (χ0n) is 34.7. The van der Waals surface area contributed by atoms with E-state index in [0.29, 0.717) is 17.5 Å². The highest BCUT2D eigenvalue weighted by atomic mass is 19.1. The van der Waals surface area contributed by atoms with E-state index >= 15 is 0 Å². The van der Waals surface area contributed by atoms with Gasteiger partial charge in [0.2, 0.25) is 6.29 Å². The van der Waals surface area contributed by atoms with E-state index in [1.807, 2.05) is 58.9 Å². The Labute approximate surface area is 336 Å². The number of ether oxygens (including phenoxy) is 2. The minimum absolute atomic E-state index is 0.188. The summed E-state index contributed by atoms with van der Waals surface area (Å²) in [6, 6.07) is 7.31. The lowest BCUT2D eigenvalue weighted by molar-refractivity contribution is -0.429. The van der Waals surface area contributed by atoms with E-state index in [1.54, 1.807) is 44.2 Å². The second-order valence-electron chi connectivity index (χ2n) is 12.9. The van der Waals surface area contributed by atoms with Crippen molar-refractivity contribution in [3.8, 4) is 24.7 Å². The quantitative estimate of drug-likeness (QED) is 0.0458. The lowest BCUT2D eigenvalue weighted by atomic mass is 9.82. The first kappa shape index (κ1) is 54.0. The summed E-state index contributed by atoms with van der Waals surface area (Å²) in [6.45, 7) is 26.9. The summed E-state index contributed by atoms with van der Waals surface area (Å²) in [7, 11) is 0. The van der Waals surface area contributed by atoms with Crippen molar-refractivity contribution in [2.45, 2.75) is 124 Å². The standard InChI is InChI=1S/C21H27F2N.C16H22O7.C4H8.C3H4.C2H6/c1-3-7-17(9-6-15-22)8-5-10-18-16-24(21(18)4-2)20-13-11-19(23)12-14-20;1-5-9(2)10(3)7-6-8-11(4)21-15-13(18)12(17)14(19)16(22-15)23-20;1-4(2)3;1-3-2;1-2/h3,6-7,9,11-14,18,21H,1,4-5,8,10,15-16H2,2H3;1,6-8,11-20H,2H2,3-4H3;1H2,2-3H3;1H,2H3;1-2H3/b9-6-,17-7-;8-6-,10-7+;;;. The zero-order valence-corrected chi connectivity index (χ0v) is 34.7. The highest BCUT2D eigenvalue weighted by molar-refractivity contribution is 5.50. The molecule has 0 spiro atoms. The molecular formula is C46H67F2NO7. The van der Waals surface area contributed by atoms with Crippen LogP contribution in [-0.2, 0) is 14.4 Å². The van der Waals surface area contributed by atoms with Crippen LogP contribution < -0.4 is 4.90 Å². The van der Waals surface area contributed by atoms with Gasteiger partial charge in [0, 0.05) is 23.8 Å². The number of terminal acetylenes is 2. The van der Waals surface area contributed by atoms with Crippen LogP contribution >= 0.6 is 0 Å². The highest BCUT2D eigenvalue weighted by Crippen LogP contribution is 2.36. The van der Waals surface area contributed by atoms with Crippen molar-refractivity contribution in [1.82, 2.24) is 0 Å². The average Bonchev–Trinajstić information content (AvgIpc) is 3.16. The van der Waals surface area contributed by atoms with Crippen molar-refractivity contribution in [3.63, 3.8) is 0 Å². The van der Waals surface area contributed by atoms with Gasteiger partial charge in [0.15, 0.2) is 6.29 Å². The van der Waals surface area contributed by atoms with E-state index in [-0.39, 0.29) is 5.82 Å². The monoisotopic (exact) mass is 783 g/mol. The normalized spacial score (nSPS) is 23.5. The molecule has 0 radical (unpaired) electrons. The van der Waals surface area contributed by atoms with Crippen LogP contribution in [0.3, 0.4) is 0 Å². The van der Waals surface area contributed by atoms with Crippen molar-refractivity contribution in [3.05, 3.63) is 115 Å². The van der Waals surface area contributed by atoms with Gasteiger partial charge in [-0.05, 0) is 102 Å². The van der Waals surface area contributed by atoms with Gasteiger partial charge in [-0.25, -0.2) is 18.9 Å². The number of benzene rings is 1. The van der Waals surface area contributed by atoms with E-state index in [0.717, 1.165) is 49.1 Å². The molecule has 8 atom stereocenters. The molecule has 0 amide bonds. The Bertz CT molecular complexity index is 1470. The van der Waals surface area contributed by atoms with E-state index in [1.165, 1.54) is 17.7 Å². The van der Waals surface area contributed by atoms with Crippen molar-refractivity contribution in [2.75, 3.05) is 18.1 Å². The molecule has 0 saturated carbocycles. The third-order valence-electron chi connectivity index (χ3n) is 8.10. The Balaban J connectivity index is 0. The van der Waals surface area contributed by atoms with Crippen LogP contribution in [0.4, 0.5) is 14.5 Å². The molecule has 2 aliphatic rings. The van der Waals surface area contributed by atoms with Gasteiger partial charge >= 0.3 is 0 Å². The molecule has 2 aliphatic heterocycles. The number of halogens is 2. The molecule has 3 rings (SSSR count). The maximum absolute atomic E-state index is 13.1.